The minimum Gasteiger partial charge on any atom is -0.367 e. The molecule has 3 rings (SSSR count). The maximum Gasteiger partial charge on any atom is 0.267 e. The van der Waals surface area contributed by atoms with Gasteiger partial charge in [0.25, 0.3) is 5.91 Å². The van der Waals surface area contributed by atoms with Gasteiger partial charge in [-0.2, -0.15) is 0 Å². The number of rotatable bonds is 4. The van der Waals surface area contributed by atoms with Crippen molar-refractivity contribution in [3.63, 3.8) is 0 Å². The highest BCUT2D eigenvalue weighted by Gasteiger charge is 2.31. The lowest BCUT2D eigenvalue weighted by Gasteiger charge is -2.16. The zero-order chi connectivity index (χ0) is 17.1. The van der Waals surface area contributed by atoms with Crippen LogP contribution in [0.15, 0.2) is 57.9 Å². The quantitative estimate of drug-likeness (QED) is 0.563. The molecule has 1 N–H and O–H groups in total. The average Bonchev–Trinajstić information content (AvgIpc) is 2.79. The van der Waals surface area contributed by atoms with Crippen LogP contribution >= 0.6 is 39.9 Å². The molecule has 122 valence electrons. The smallest absolute Gasteiger partial charge is 0.267 e. The van der Waals surface area contributed by atoms with Crippen LogP contribution in [0.2, 0.25) is 0 Å². The van der Waals surface area contributed by atoms with Gasteiger partial charge in [0, 0.05) is 10.2 Å². The predicted molar refractivity (Wildman–Crippen MR) is 104 cm³/mol. The largest absolute Gasteiger partial charge is 0.367 e. The molecule has 0 spiro atoms. The zero-order valence-corrected chi connectivity index (χ0v) is 15.6. The van der Waals surface area contributed by atoms with E-state index in [2.05, 4.69) is 21.2 Å². The van der Waals surface area contributed by atoms with E-state index in [1.807, 2.05) is 30.3 Å². The number of hydrogen-bond donors (Lipinski definition) is 1. The Labute approximate surface area is 157 Å². The number of anilines is 1. The van der Waals surface area contributed by atoms with Crippen LogP contribution in [-0.4, -0.2) is 21.8 Å². The fourth-order valence-electron chi connectivity index (χ4n) is 2.15. The summed E-state index contributed by atoms with van der Waals surface area (Å²) in [6.07, 6.45) is 1.81. The number of benzene rings is 2. The van der Waals surface area contributed by atoms with Crippen LogP contribution in [0.25, 0.3) is 6.08 Å². The molecule has 3 nitrogen and oxygen atoms in total. The molecule has 0 atom stereocenters. The molecule has 0 aromatic heterocycles. The monoisotopic (exact) mass is 422 g/mol. The molecule has 24 heavy (non-hydrogen) atoms. The standard InChI is InChI=1S/C17H12BrFN2OS2/c18-12-4-1-3-11(7-12)8-15-16(22)21(17(23)24-15)10-20-14-6-2-5-13(19)9-14/h1-9,20H,10H2/b15-8-. The molecule has 1 fully saturated rings. The minimum atomic E-state index is -0.333. The Kier molecular flexibility index (Phi) is 5.33. The number of nitrogens with zero attached hydrogens (tertiary/aromatic N) is 1. The molecule has 1 heterocycles. The first kappa shape index (κ1) is 17.1. The fraction of sp³-hybridized carbons (Fsp3) is 0.0588. The number of thioether (sulfide) groups is 1. The Morgan fingerprint density at radius 3 is 2.79 bits per heavy atom. The Morgan fingerprint density at radius 1 is 1.25 bits per heavy atom. The lowest BCUT2D eigenvalue weighted by molar-refractivity contribution is -0.121. The summed E-state index contributed by atoms with van der Waals surface area (Å²) in [6, 6.07) is 13.8. The van der Waals surface area contributed by atoms with Crippen molar-refractivity contribution in [3.8, 4) is 0 Å². The first-order chi connectivity index (χ1) is 11.5. The number of thiocarbonyl (C=S) groups is 1. The summed E-state index contributed by atoms with van der Waals surface area (Å²) in [5.41, 5.74) is 1.52. The van der Waals surface area contributed by atoms with Gasteiger partial charge in [-0.15, -0.1) is 0 Å². The van der Waals surface area contributed by atoms with Gasteiger partial charge >= 0.3 is 0 Å². The van der Waals surface area contributed by atoms with E-state index in [0.29, 0.717) is 14.9 Å². The molecule has 0 saturated carbocycles. The molecule has 0 radical (unpaired) electrons. The first-order valence-electron chi connectivity index (χ1n) is 7.03. The molecule has 1 aliphatic heterocycles. The molecule has 1 aliphatic rings. The second-order valence-corrected chi connectivity index (χ2v) is 7.60. The van der Waals surface area contributed by atoms with E-state index >= 15 is 0 Å². The van der Waals surface area contributed by atoms with Crippen LogP contribution in [-0.2, 0) is 4.79 Å². The fourth-order valence-corrected chi connectivity index (χ4v) is 3.82. The van der Waals surface area contributed by atoms with Gasteiger partial charge in [0.1, 0.15) is 10.1 Å². The third-order valence-corrected chi connectivity index (χ3v) is 5.16. The normalized spacial score (nSPS) is 16.1. The second kappa shape index (κ2) is 7.46. The van der Waals surface area contributed by atoms with Gasteiger partial charge in [-0.05, 0) is 42.0 Å². The Hall–Kier alpha value is -1.70. The molecule has 7 heteroatoms. The zero-order valence-electron chi connectivity index (χ0n) is 12.3. The first-order valence-corrected chi connectivity index (χ1v) is 9.05. The number of nitrogens with one attached hydrogen (secondary N) is 1. The van der Waals surface area contributed by atoms with E-state index < -0.39 is 0 Å². The summed E-state index contributed by atoms with van der Waals surface area (Å²) in [5, 5.41) is 3.01. The third kappa shape index (κ3) is 4.03. The molecule has 1 amide bonds. The van der Waals surface area contributed by atoms with Crippen molar-refractivity contribution in [3.05, 3.63) is 69.3 Å². The van der Waals surface area contributed by atoms with Crippen LogP contribution in [0.5, 0.6) is 0 Å². The summed E-state index contributed by atoms with van der Waals surface area (Å²) >= 11 is 9.95. The molecule has 2 aromatic rings. The van der Waals surface area contributed by atoms with Crippen LogP contribution in [0.4, 0.5) is 10.1 Å². The predicted octanol–water partition coefficient (Wildman–Crippen LogP) is 4.86. The average molecular weight is 423 g/mol. The van der Waals surface area contributed by atoms with Crippen LogP contribution in [0, 0.1) is 5.82 Å². The lowest BCUT2D eigenvalue weighted by atomic mass is 10.2. The van der Waals surface area contributed by atoms with Gasteiger partial charge in [-0.25, -0.2) is 4.39 Å². The molecular formula is C17H12BrFN2OS2. The molecule has 0 unspecified atom stereocenters. The molecule has 0 bridgehead atoms. The highest BCUT2D eigenvalue weighted by Crippen LogP contribution is 2.32. The number of amides is 1. The molecule has 1 saturated heterocycles. The van der Waals surface area contributed by atoms with E-state index in [9.17, 15) is 9.18 Å². The SMILES string of the molecule is O=C1/C(=C/c2cccc(Br)c2)SC(=S)N1CNc1cccc(F)c1. The lowest BCUT2D eigenvalue weighted by Crippen LogP contribution is -2.33. The van der Waals surface area contributed by atoms with Crippen molar-refractivity contribution in [2.45, 2.75) is 0 Å². The molecule has 0 aliphatic carbocycles. The van der Waals surface area contributed by atoms with Crippen molar-refractivity contribution in [1.29, 1.82) is 0 Å². The van der Waals surface area contributed by atoms with Gasteiger partial charge < -0.3 is 5.32 Å². The van der Waals surface area contributed by atoms with Crippen LogP contribution in [0.3, 0.4) is 0 Å². The van der Waals surface area contributed by atoms with E-state index in [0.717, 1.165) is 10.0 Å². The summed E-state index contributed by atoms with van der Waals surface area (Å²) < 4.78 is 14.6. The topological polar surface area (TPSA) is 32.3 Å². The van der Waals surface area contributed by atoms with Gasteiger partial charge in [0.2, 0.25) is 0 Å². The Balaban J connectivity index is 1.72. The van der Waals surface area contributed by atoms with Crippen molar-refractivity contribution >= 4 is 61.9 Å². The summed E-state index contributed by atoms with van der Waals surface area (Å²) in [5.74, 6) is -0.492. The molecule has 2 aromatic carbocycles. The number of carbonyl (C=O) groups is 1. The van der Waals surface area contributed by atoms with Gasteiger partial charge in [-0.1, -0.05) is 58.1 Å². The second-order valence-electron chi connectivity index (χ2n) is 5.01. The highest BCUT2D eigenvalue weighted by atomic mass is 79.9. The minimum absolute atomic E-state index is 0.158. The van der Waals surface area contributed by atoms with Crippen molar-refractivity contribution in [2.75, 3.05) is 12.0 Å². The maximum absolute atomic E-state index is 13.2. The molecular weight excluding hydrogens is 411 g/mol. The van der Waals surface area contributed by atoms with Crippen molar-refractivity contribution in [1.82, 2.24) is 4.90 Å². The summed E-state index contributed by atoms with van der Waals surface area (Å²) in [4.78, 5) is 14.6. The maximum atomic E-state index is 13.2. The number of carbonyl (C=O) groups excluding carboxylic acids is 1. The van der Waals surface area contributed by atoms with Crippen molar-refractivity contribution < 1.29 is 9.18 Å². The van der Waals surface area contributed by atoms with Crippen LogP contribution < -0.4 is 5.32 Å². The highest BCUT2D eigenvalue weighted by molar-refractivity contribution is 9.10. The van der Waals surface area contributed by atoms with E-state index in [4.69, 9.17) is 12.2 Å². The summed E-state index contributed by atoms with van der Waals surface area (Å²) in [6.45, 7) is 0.198. The number of halogens is 2. The Morgan fingerprint density at radius 2 is 2.04 bits per heavy atom. The van der Waals surface area contributed by atoms with Crippen molar-refractivity contribution in [2.24, 2.45) is 0 Å². The van der Waals surface area contributed by atoms with E-state index in [1.165, 1.54) is 28.8 Å². The van der Waals surface area contributed by atoms with Gasteiger partial charge in [0.15, 0.2) is 0 Å². The number of hydrogen-bond acceptors (Lipinski definition) is 4. The van der Waals surface area contributed by atoms with Crippen LogP contribution in [0.1, 0.15) is 5.56 Å². The van der Waals surface area contributed by atoms with E-state index in [-0.39, 0.29) is 18.4 Å². The summed E-state index contributed by atoms with van der Waals surface area (Å²) in [7, 11) is 0. The Bertz CT molecular complexity index is 841. The van der Waals surface area contributed by atoms with E-state index in [1.54, 1.807) is 12.1 Å². The van der Waals surface area contributed by atoms with Gasteiger partial charge in [-0.3, -0.25) is 9.69 Å². The van der Waals surface area contributed by atoms with Gasteiger partial charge in [0.05, 0.1) is 11.6 Å². The third-order valence-electron chi connectivity index (χ3n) is 3.29.